The summed E-state index contributed by atoms with van der Waals surface area (Å²) in [6.07, 6.45) is 1.16. The molecule has 2 rings (SSSR count). The Bertz CT molecular complexity index is 1070. The summed E-state index contributed by atoms with van der Waals surface area (Å²) >= 11 is 5.87. The molecule has 164 valence electrons. The normalized spacial score (nSPS) is 14.7. The van der Waals surface area contributed by atoms with Crippen molar-refractivity contribution in [2.45, 2.75) is 37.1 Å². The standard InChI is InChI=1S/C20H25ClN2O5S2/c1-2-3-13-29(22,26)14-12-19(20(24)25)23-30(27,28)18-10-6-16(7-11-18)15-4-8-17(21)9-5-15/h4-11,19,22-23H,2-3,12-14H2,1H3,(H,24,25). The molecule has 0 aliphatic rings. The largest absolute Gasteiger partial charge is 0.480 e. The van der Waals surface area contributed by atoms with Gasteiger partial charge in [-0.25, -0.2) is 12.6 Å². The van der Waals surface area contributed by atoms with Crippen LogP contribution in [0.3, 0.4) is 0 Å². The third-order valence-electron chi connectivity index (χ3n) is 4.50. The highest BCUT2D eigenvalue weighted by atomic mass is 35.5. The molecule has 30 heavy (non-hydrogen) atoms. The lowest BCUT2D eigenvalue weighted by atomic mass is 10.1. The molecule has 2 aromatic rings. The van der Waals surface area contributed by atoms with Gasteiger partial charge in [0.05, 0.1) is 4.90 Å². The van der Waals surface area contributed by atoms with E-state index in [4.69, 9.17) is 16.4 Å². The molecule has 0 heterocycles. The lowest BCUT2D eigenvalue weighted by Crippen LogP contribution is -2.41. The number of halogens is 1. The summed E-state index contributed by atoms with van der Waals surface area (Å²) in [5, 5.41) is 9.97. The van der Waals surface area contributed by atoms with E-state index in [0.29, 0.717) is 11.4 Å². The van der Waals surface area contributed by atoms with Crippen LogP contribution in [0.15, 0.2) is 53.4 Å². The minimum Gasteiger partial charge on any atom is -0.480 e. The van der Waals surface area contributed by atoms with Gasteiger partial charge in [0.25, 0.3) is 0 Å². The number of hydrogen-bond acceptors (Lipinski definition) is 5. The van der Waals surface area contributed by atoms with Crippen molar-refractivity contribution in [1.29, 1.82) is 4.78 Å². The average Bonchev–Trinajstić information content (AvgIpc) is 2.70. The Kier molecular flexibility index (Phi) is 8.42. The van der Waals surface area contributed by atoms with Crippen LogP contribution >= 0.6 is 11.6 Å². The third kappa shape index (κ3) is 7.09. The van der Waals surface area contributed by atoms with E-state index in [1.807, 2.05) is 19.1 Å². The van der Waals surface area contributed by atoms with Gasteiger partial charge < -0.3 is 5.11 Å². The monoisotopic (exact) mass is 472 g/mol. The molecule has 0 aromatic heterocycles. The fourth-order valence-corrected chi connectivity index (χ4v) is 5.67. The van der Waals surface area contributed by atoms with E-state index in [-0.39, 0.29) is 22.8 Å². The molecule has 0 saturated heterocycles. The Labute approximate surface area is 182 Å². The average molecular weight is 473 g/mol. The minimum absolute atomic E-state index is 0.0796. The van der Waals surface area contributed by atoms with Gasteiger partial charge in [-0.2, -0.15) is 4.72 Å². The first-order valence-corrected chi connectivity index (χ1v) is 13.1. The molecule has 7 nitrogen and oxygen atoms in total. The van der Waals surface area contributed by atoms with Crippen molar-refractivity contribution in [1.82, 2.24) is 4.72 Å². The van der Waals surface area contributed by atoms with E-state index in [0.717, 1.165) is 17.5 Å². The van der Waals surface area contributed by atoms with Crippen LogP contribution in [0.4, 0.5) is 0 Å². The maximum atomic E-state index is 12.6. The van der Waals surface area contributed by atoms with E-state index in [2.05, 4.69) is 4.72 Å². The highest BCUT2D eigenvalue weighted by molar-refractivity contribution is 7.92. The van der Waals surface area contributed by atoms with E-state index in [1.54, 1.807) is 24.3 Å². The maximum Gasteiger partial charge on any atom is 0.321 e. The predicted octanol–water partition coefficient (Wildman–Crippen LogP) is 3.98. The molecule has 0 aliphatic carbocycles. The number of benzene rings is 2. The van der Waals surface area contributed by atoms with Crippen molar-refractivity contribution in [2.24, 2.45) is 0 Å². The first kappa shape index (κ1) is 24.3. The number of unbranched alkanes of at least 4 members (excludes halogenated alkanes) is 1. The molecule has 0 aliphatic heterocycles. The van der Waals surface area contributed by atoms with Crippen molar-refractivity contribution in [2.75, 3.05) is 11.5 Å². The van der Waals surface area contributed by atoms with Gasteiger partial charge in [0.1, 0.15) is 6.04 Å². The Hall–Kier alpha value is -1.94. The summed E-state index contributed by atoms with van der Waals surface area (Å²) in [6.45, 7) is 1.90. The predicted molar refractivity (Wildman–Crippen MR) is 119 cm³/mol. The van der Waals surface area contributed by atoms with Gasteiger partial charge in [-0.15, -0.1) is 0 Å². The first-order valence-electron chi connectivity index (χ1n) is 9.39. The van der Waals surface area contributed by atoms with Crippen LogP contribution in [0.25, 0.3) is 11.1 Å². The van der Waals surface area contributed by atoms with Gasteiger partial charge in [-0.1, -0.05) is 49.2 Å². The number of nitrogens with one attached hydrogen (secondary N) is 2. The molecule has 0 spiro atoms. The second-order valence-corrected chi connectivity index (χ2v) is 11.5. The Morgan fingerprint density at radius 3 is 2.07 bits per heavy atom. The molecule has 2 atom stereocenters. The van der Waals surface area contributed by atoms with Crippen molar-refractivity contribution >= 4 is 37.3 Å². The molecule has 0 amide bonds. The highest BCUT2D eigenvalue weighted by Gasteiger charge is 2.26. The van der Waals surface area contributed by atoms with Crippen LogP contribution in [0.5, 0.6) is 0 Å². The number of sulfonamides is 1. The molecule has 0 fully saturated rings. The number of carboxylic acids is 1. The third-order valence-corrected chi connectivity index (χ3v) is 8.08. The zero-order chi connectivity index (χ0) is 22.4. The molecular weight excluding hydrogens is 448 g/mol. The van der Waals surface area contributed by atoms with Crippen LogP contribution < -0.4 is 4.72 Å². The van der Waals surface area contributed by atoms with E-state index in [9.17, 15) is 22.5 Å². The Morgan fingerprint density at radius 1 is 1.03 bits per heavy atom. The lowest BCUT2D eigenvalue weighted by Gasteiger charge is -2.16. The SMILES string of the molecule is CCCCS(=N)(=O)CCC(NS(=O)(=O)c1ccc(-c2ccc(Cl)cc2)cc1)C(=O)O. The lowest BCUT2D eigenvalue weighted by molar-refractivity contribution is -0.139. The van der Waals surface area contributed by atoms with Gasteiger partial charge in [0.2, 0.25) is 10.0 Å². The number of aliphatic carboxylic acids is 1. The van der Waals surface area contributed by atoms with Crippen LogP contribution in [-0.2, 0) is 24.5 Å². The fourth-order valence-electron chi connectivity index (χ4n) is 2.74. The second-order valence-electron chi connectivity index (χ2n) is 6.91. The zero-order valence-corrected chi connectivity index (χ0v) is 18.9. The Balaban J connectivity index is 2.12. The quantitative estimate of drug-likeness (QED) is 0.456. The van der Waals surface area contributed by atoms with Crippen LogP contribution in [-0.4, -0.2) is 41.3 Å². The number of hydrogen-bond donors (Lipinski definition) is 3. The topological polar surface area (TPSA) is 124 Å². The highest BCUT2D eigenvalue weighted by Crippen LogP contribution is 2.23. The summed E-state index contributed by atoms with van der Waals surface area (Å²) in [7, 11) is -7.04. The molecular formula is C20H25ClN2O5S2. The van der Waals surface area contributed by atoms with Crippen molar-refractivity contribution in [3.8, 4) is 11.1 Å². The zero-order valence-electron chi connectivity index (χ0n) is 16.5. The van der Waals surface area contributed by atoms with Crippen molar-refractivity contribution < 1.29 is 22.5 Å². The van der Waals surface area contributed by atoms with Gasteiger partial charge in [0, 0.05) is 26.3 Å². The number of rotatable bonds is 11. The van der Waals surface area contributed by atoms with Crippen molar-refractivity contribution in [3.05, 3.63) is 53.6 Å². The van der Waals surface area contributed by atoms with Gasteiger partial charge >= 0.3 is 5.97 Å². The van der Waals surface area contributed by atoms with Gasteiger partial charge in [-0.3, -0.25) is 9.57 Å². The molecule has 0 bridgehead atoms. The van der Waals surface area contributed by atoms with E-state index in [1.165, 1.54) is 12.1 Å². The first-order chi connectivity index (χ1) is 14.0. The van der Waals surface area contributed by atoms with Crippen molar-refractivity contribution in [3.63, 3.8) is 0 Å². The minimum atomic E-state index is -4.10. The number of carboxylic acid groups (broad SMARTS) is 1. The van der Waals surface area contributed by atoms with Crippen LogP contribution in [0.2, 0.25) is 5.02 Å². The molecule has 2 aromatic carbocycles. The molecule has 0 saturated carbocycles. The molecule has 10 heteroatoms. The van der Waals surface area contributed by atoms with E-state index < -0.39 is 31.8 Å². The van der Waals surface area contributed by atoms with Crippen LogP contribution in [0, 0.1) is 4.78 Å². The van der Waals surface area contributed by atoms with Crippen LogP contribution in [0.1, 0.15) is 26.2 Å². The summed E-state index contributed by atoms with van der Waals surface area (Å²) in [6, 6.07) is 11.6. The van der Waals surface area contributed by atoms with E-state index >= 15 is 0 Å². The molecule has 2 unspecified atom stereocenters. The number of carbonyl (C=O) groups is 1. The smallest absolute Gasteiger partial charge is 0.321 e. The Morgan fingerprint density at radius 2 is 1.57 bits per heavy atom. The van der Waals surface area contributed by atoms with Gasteiger partial charge in [-0.05, 0) is 48.2 Å². The summed E-state index contributed by atoms with van der Waals surface area (Å²) < 4.78 is 47.4. The second kappa shape index (κ2) is 10.4. The summed E-state index contributed by atoms with van der Waals surface area (Å²) in [5.74, 6) is -1.38. The summed E-state index contributed by atoms with van der Waals surface area (Å²) in [5.41, 5.74) is 1.64. The molecule has 0 radical (unpaired) electrons. The fraction of sp³-hybridized carbons (Fsp3) is 0.350. The molecule has 3 N–H and O–H groups in total. The summed E-state index contributed by atoms with van der Waals surface area (Å²) in [4.78, 5) is 11.4. The maximum absolute atomic E-state index is 12.6. The van der Waals surface area contributed by atoms with Gasteiger partial charge in [0.15, 0.2) is 0 Å².